The Morgan fingerprint density at radius 2 is 1.09 bits per heavy atom. The maximum Gasteiger partial charge on any atom is 0.323 e. The molecular weight excluding hydrogens is 410 g/mol. The van der Waals surface area contributed by atoms with Crippen molar-refractivity contribution in [1.29, 1.82) is 0 Å². The number of hydrogen-bond donors (Lipinski definition) is 2. The van der Waals surface area contributed by atoms with E-state index in [-0.39, 0.29) is 6.61 Å². The number of carboxylic acids is 1. The van der Waals surface area contributed by atoms with Crippen molar-refractivity contribution in [3.8, 4) is 0 Å². The van der Waals surface area contributed by atoms with E-state index in [4.69, 9.17) is 4.74 Å². The zero-order chi connectivity index (χ0) is 22.9. The molecule has 0 aliphatic heterocycles. The minimum absolute atomic E-state index is 0.0263. The van der Waals surface area contributed by atoms with E-state index in [1.165, 1.54) is 0 Å². The lowest BCUT2D eigenvalue weighted by Crippen LogP contribution is -2.54. The van der Waals surface area contributed by atoms with E-state index >= 15 is 0 Å². The molecule has 4 aromatic rings. The summed E-state index contributed by atoms with van der Waals surface area (Å²) in [7, 11) is 0. The van der Waals surface area contributed by atoms with Crippen LogP contribution in [0.4, 0.5) is 0 Å². The van der Waals surface area contributed by atoms with Gasteiger partial charge in [-0.2, -0.15) is 0 Å². The van der Waals surface area contributed by atoms with Crippen molar-refractivity contribution < 1.29 is 14.6 Å². The number of ether oxygens (including phenoxy) is 1. The average molecular weight is 438 g/mol. The predicted molar refractivity (Wildman–Crippen MR) is 130 cm³/mol. The van der Waals surface area contributed by atoms with Crippen LogP contribution in [0.2, 0.25) is 0 Å². The first-order valence-corrected chi connectivity index (χ1v) is 11.0. The lowest BCUT2D eigenvalue weighted by atomic mass is 9.76. The summed E-state index contributed by atoms with van der Waals surface area (Å²) in [4.78, 5) is 12.4. The number of nitrogens with one attached hydrogen (secondary N) is 1. The second-order valence-electron chi connectivity index (χ2n) is 7.88. The Morgan fingerprint density at radius 1 is 0.697 bits per heavy atom. The summed E-state index contributed by atoms with van der Waals surface area (Å²) < 4.78 is 5.85. The standard InChI is InChI=1S/C29H27NO3/c31-28(32)27(22-33-21-23-13-5-1-6-14-23)30-29(24-15-7-2-8-16-24,25-17-9-3-10-18-25)26-19-11-4-12-20-26/h1-20,27,30H,21-22H2,(H,31,32). The van der Waals surface area contributed by atoms with Crippen LogP contribution in [0.25, 0.3) is 0 Å². The number of benzene rings is 4. The smallest absolute Gasteiger partial charge is 0.323 e. The van der Waals surface area contributed by atoms with Gasteiger partial charge in [0.2, 0.25) is 0 Å². The summed E-state index contributed by atoms with van der Waals surface area (Å²) in [6.07, 6.45) is 0. The van der Waals surface area contributed by atoms with Gasteiger partial charge in [0.05, 0.1) is 18.8 Å². The van der Waals surface area contributed by atoms with Crippen LogP contribution >= 0.6 is 0 Å². The zero-order valence-corrected chi connectivity index (χ0v) is 18.3. The van der Waals surface area contributed by atoms with Crippen LogP contribution in [0.15, 0.2) is 121 Å². The van der Waals surface area contributed by atoms with Gasteiger partial charge in [0, 0.05) is 0 Å². The minimum atomic E-state index is -0.963. The van der Waals surface area contributed by atoms with E-state index in [2.05, 4.69) is 5.32 Å². The fourth-order valence-corrected chi connectivity index (χ4v) is 4.12. The van der Waals surface area contributed by atoms with Crippen molar-refractivity contribution in [2.75, 3.05) is 6.61 Å². The van der Waals surface area contributed by atoms with Crippen LogP contribution in [-0.4, -0.2) is 23.7 Å². The van der Waals surface area contributed by atoms with Crippen LogP contribution < -0.4 is 5.32 Å². The Bertz CT molecular complexity index is 1040. The van der Waals surface area contributed by atoms with E-state index in [9.17, 15) is 9.90 Å². The van der Waals surface area contributed by atoms with Crippen molar-refractivity contribution in [3.63, 3.8) is 0 Å². The Kier molecular flexibility index (Phi) is 7.30. The highest BCUT2D eigenvalue weighted by atomic mass is 16.5. The van der Waals surface area contributed by atoms with Gasteiger partial charge < -0.3 is 9.84 Å². The molecule has 166 valence electrons. The first-order chi connectivity index (χ1) is 16.2. The molecule has 1 atom stereocenters. The molecule has 0 aliphatic rings. The normalized spacial score (nSPS) is 12.2. The molecule has 4 rings (SSSR count). The Balaban J connectivity index is 1.74. The summed E-state index contributed by atoms with van der Waals surface area (Å²) in [5.74, 6) is -0.963. The summed E-state index contributed by atoms with van der Waals surface area (Å²) >= 11 is 0. The van der Waals surface area contributed by atoms with Crippen LogP contribution in [0.3, 0.4) is 0 Å². The third-order valence-corrected chi connectivity index (χ3v) is 5.71. The summed E-state index contributed by atoms with van der Waals surface area (Å²) in [5.41, 5.74) is 3.00. The van der Waals surface area contributed by atoms with Gasteiger partial charge in [-0.25, -0.2) is 0 Å². The van der Waals surface area contributed by atoms with Crippen LogP contribution in [0, 0.1) is 0 Å². The molecule has 4 aromatic carbocycles. The second kappa shape index (κ2) is 10.7. The van der Waals surface area contributed by atoms with Crippen molar-refractivity contribution >= 4 is 5.97 Å². The molecule has 0 heterocycles. The molecule has 0 radical (unpaired) electrons. The fourth-order valence-electron chi connectivity index (χ4n) is 4.12. The first-order valence-electron chi connectivity index (χ1n) is 11.0. The minimum Gasteiger partial charge on any atom is -0.480 e. The summed E-state index contributed by atoms with van der Waals surface area (Å²) in [5, 5.41) is 13.6. The van der Waals surface area contributed by atoms with Gasteiger partial charge in [0.25, 0.3) is 0 Å². The molecule has 4 heteroatoms. The van der Waals surface area contributed by atoms with E-state index < -0.39 is 17.6 Å². The molecule has 2 N–H and O–H groups in total. The summed E-state index contributed by atoms with van der Waals surface area (Å²) in [6, 6.07) is 38.7. The highest BCUT2D eigenvalue weighted by Gasteiger charge is 2.39. The van der Waals surface area contributed by atoms with Gasteiger partial charge >= 0.3 is 5.97 Å². The van der Waals surface area contributed by atoms with Crippen LogP contribution in [-0.2, 0) is 21.7 Å². The maximum absolute atomic E-state index is 12.4. The third-order valence-electron chi connectivity index (χ3n) is 5.71. The SMILES string of the molecule is O=C(O)C(COCc1ccccc1)NC(c1ccccc1)(c1ccccc1)c1ccccc1. The van der Waals surface area contributed by atoms with Gasteiger partial charge in [-0.1, -0.05) is 121 Å². The molecule has 0 amide bonds. The predicted octanol–water partition coefficient (Wildman–Crippen LogP) is 5.24. The molecule has 0 aromatic heterocycles. The highest BCUT2D eigenvalue weighted by molar-refractivity contribution is 5.74. The van der Waals surface area contributed by atoms with Crippen molar-refractivity contribution in [2.24, 2.45) is 0 Å². The molecule has 4 nitrogen and oxygen atoms in total. The second-order valence-corrected chi connectivity index (χ2v) is 7.88. The third kappa shape index (κ3) is 5.20. The Morgan fingerprint density at radius 3 is 1.48 bits per heavy atom. The quantitative estimate of drug-likeness (QED) is 0.333. The lowest BCUT2D eigenvalue weighted by Gasteiger charge is -2.39. The molecule has 0 saturated heterocycles. The monoisotopic (exact) mass is 437 g/mol. The first kappa shape index (κ1) is 22.5. The number of carboxylic acid groups (broad SMARTS) is 1. The molecule has 0 bridgehead atoms. The van der Waals surface area contributed by atoms with E-state index in [0.717, 1.165) is 22.3 Å². The molecule has 0 spiro atoms. The molecule has 33 heavy (non-hydrogen) atoms. The van der Waals surface area contributed by atoms with E-state index in [1.807, 2.05) is 121 Å². The van der Waals surface area contributed by atoms with E-state index in [1.54, 1.807) is 0 Å². The Hall–Kier alpha value is -3.73. The maximum atomic E-state index is 12.4. The molecular formula is C29H27NO3. The molecule has 1 unspecified atom stereocenters. The molecule has 0 fully saturated rings. The van der Waals surface area contributed by atoms with Gasteiger partial charge in [0.1, 0.15) is 6.04 Å². The number of carbonyl (C=O) groups is 1. The van der Waals surface area contributed by atoms with Crippen LogP contribution in [0.1, 0.15) is 22.3 Å². The average Bonchev–Trinajstić information content (AvgIpc) is 2.88. The number of rotatable bonds is 10. The zero-order valence-electron chi connectivity index (χ0n) is 18.3. The summed E-state index contributed by atoms with van der Waals surface area (Å²) in [6.45, 7) is 0.375. The van der Waals surface area contributed by atoms with Crippen molar-refractivity contribution in [2.45, 2.75) is 18.2 Å². The lowest BCUT2D eigenvalue weighted by molar-refractivity contribution is -0.141. The largest absolute Gasteiger partial charge is 0.480 e. The Labute approximate surface area is 194 Å². The van der Waals surface area contributed by atoms with Crippen LogP contribution in [0.5, 0.6) is 0 Å². The fraction of sp³-hybridized carbons (Fsp3) is 0.138. The number of hydrogen-bond acceptors (Lipinski definition) is 3. The topological polar surface area (TPSA) is 58.6 Å². The van der Waals surface area contributed by atoms with Gasteiger partial charge in [-0.3, -0.25) is 10.1 Å². The molecule has 0 saturated carbocycles. The van der Waals surface area contributed by atoms with Crippen molar-refractivity contribution in [1.82, 2.24) is 5.32 Å². The van der Waals surface area contributed by atoms with Gasteiger partial charge in [-0.15, -0.1) is 0 Å². The highest BCUT2D eigenvalue weighted by Crippen LogP contribution is 2.37. The van der Waals surface area contributed by atoms with Crippen molar-refractivity contribution in [3.05, 3.63) is 144 Å². The number of aliphatic carboxylic acids is 1. The van der Waals surface area contributed by atoms with Gasteiger partial charge in [0.15, 0.2) is 0 Å². The molecule has 0 aliphatic carbocycles. The van der Waals surface area contributed by atoms with E-state index in [0.29, 0.717) is 6.61 Å². The van der Waals surface area contributed by atoms with Gasteiger partial charge in [-0.05, 0) is 22.3 Å².